The Morgan fingerprint density at radius 1 is 0.711 bits per heavy atom. The van der Waals surface area contributed by atoms with Crippen molar-refractivity contribution in [2.24, 2.45) is 0 Å². The molecule has 2 aliphatic rings. The summed E-state index contributed by atoms with van der Waals surface area (Å²) in [5.41, 5.74) is -11.1. The first-order valence-electron chi connectivity index (χ1n) is 12.3. The molecule has 0 fully saturated rings. The zero-order chi connectivity index (χ0) is 33.5. The number of alkyl halides is 6. The van der Waals surface area contributed by atoms with Gasteiger partial charge >= 0.3 is 12.4 Å². The minimum atomic E-state index is -5.03. The number of hydrogen-bond donors (Lipinski definition) is 0. The molecule has 0 heterocycles. The number of nitrogens with zero attached hydrogens (tertiary/aromatic N) is 4. The van der Waals surface area contributed by atoms with Gasteiger partial charge in [0.15, 0.2) is 11.5 Å². The van der Waals surface area contributed by atoms with Crippen LogP contribution in [0.5, 0.6) is 0 Å². The summed E-state index contributed by atoms with van der Waals surface area (Å²) in [6.07, 6.45) is -10.9. The van der Waals surface area contributed by atoms with Gasteiger partial charge in [-0.15, -0.1) is 0 Å². The maximum Gasteiger partial charge on any atom is 0.416 e. The lowest BCUT2D eigenvalue weighted by molar-refractivity contribution is -0.564. The summed E-state index contributed by atoms with van der Waals surface area (Å²) in [6, 6.07) is 10.3. The molecular formula is C28H14Cl2F6N4O5. The average molecular weight is 671 g/mol. The number of nitro groups is 2. The van der Waals surface area contributed by atoms with Crippen molar-refractivity contribution in [2.45, 2.75) is 36.3 Å². The van der Waals surface area contributed by atoms with Crippen LogP contribution in [-0.2, 0) is 28.2 Å². The van der Waals surface area contributed by atoms with Gasteiger partial charge in [0.1, 0.15) is 0 Å². The van der Waals surface area contributed by atoms with E-state index in [1.807, 2.05) is 0 Å². The zero-order valence-corrected chi connectivity index (χ0v) is 23.6. The first-order chi connectivity index (χ1) is 20.9. The molecular weight excluding hydrogens is 657 g/mol. The Kier molecular flexibility index (Phi) is 8.50. The maximum atomic E-state index is 13.8. The fraction of sp³-hybridized carbons (Fsp3) is 0.214. The van der Waals surface area contributed by atoms with Gasteiger partial charge in [-0.2, -0.15) is 36.9 Å². The smallest absolute Gasteiger partial charge is 0.416 e. The number of hydrogen-bond acceptors (Lipinski definition) is 7. The first-order valence-corrected chi connectivity index (χ1v) is 13.0. The molecule has 2 aliphatic carbocycles. The van der Waals surface area contributed by atoms with Gasteiger partial charge in [-0.25, -0.2) is 0 Å². The lowest BCUT2D eigenvalue weighted by Gasteiger charge is -2.31. The fourth-order valence-electron chi connectivity index (χ4n) is 5.14. The SMILES string of the molecule is N#CC1=C(OC2=C(C#N)CC(c3ccccc3C(F)(F)F)([N+](=O)[O-])C=C2Cl)C(Cl)=CC(c2ccccc2C(F)(F)F)([N+](=O)[O-])C1. The Bertz CT molecular complexity index is 1710. The Morgan fingerprint density at radius 3 is 1.33 bits per heavy atom. The molecule has 0 radical (unpaired) electrons. The van der Waals surface area contributed by atoms with E-state index in [1.165, 1.54) is 0 Å². The molecule has 2 atom stereocenters. The summed E-state index contributed by atoms with van der Waals surface area (Å²) < 4.78 is 88.5. The van der Waals surface area contributed by atoms with E-state index in [9.17, 15) is 57.1 Å². The quantitative estimate of drug-likeness (QED) is 0.172. The zero-order valence-electron chi connectivity index (χ0n) is 22.0. The number of rotatable bonds is 6. The third-order valence-electron chi connectivity index (χ3n) is 7.13. The van der Waals surface area contributed by atoms with Gasteiger partial charge in [-0.3, -0.25) is 20.2 Å². The van der Waals surface area contributed by atoms with Crippen LogP contribution in [0.3, 0.4) is 0 Å². The Hall–Kier alpha value is -4.86. The van der Waals surface area contributed by atoms with Crippen molar-refractivity contribution >= 4 is 23.2 Å². The van der Waals surface area contributed by atoms with Crippen LogP contribution in [-0.4, -0.2) is 9.85 Å². The van der Waals surface area contributed by atoms with Gasteiger partial charge in [0.05, 0.1) is 57.3 Å². The summed E-state index contributed by atoms with van der Waals surface area (Å²) in [5, 5.41) is 42.9. The highest BCUT2D eigenvalue weighted by molar-refractivity contribution is 6.33. The van der Waals surface area contributed by atoms with Crippen molar-refractivity contribution < 1.29 is 40.9 Å². The van der Waals surface area contributed by atoms with E-state index in [2.05, 4.69) is 0 Å². The number of allylic oxidation sites excluding steroid dienone is 2. The standard InChI is InChI=1S/C28H14Cl2F6N4O5/c29-21-11-25(39(41)42,17-5-1-3-7-19(17)27(31,32)33)9-15(13-37)23(21)45-24-16(14-38)10-26(40(43)44,12-22(24)30)18-6-2-4-8-20(18)28(34,35)36/h1-8,11-12H,9-10H2. The van der Waals surface area contributed by atoms with E-state index >= 15 is 0 Å². The molecule has 9 nitrogen and oxygen atoms in total. The van der Waals surface area contributed by atoms with Crippen molar-refractivity contribution in [1.29, 1.82) is 10.5 Å². The minimum absolute atomic E-state index is 0.610. The third kappa shape index (κ3) is 5.72. The second-order valence-electron chi connectivity index (χ2n) is 9.73. The van der Waals surface area contributed by atoms with Crippen LogP contribution in [0.4, 0.5) is 26.3 Å². The summed E-state index contributed by atoms with van der Waals surface area (Å²) in [4.78, 5) is 22.5. The predicted molar refractivity (Wildman–Crippen MR) is 144 cm³/mol. The van der Waals surface area contributed by atoms with E-state index in [0.29, 0.717) is 24.3 Å². The van der Waals surface area contributed by atoms with E-state index in [4.69, 9.17) is 27.9 Å². The van der Waals surface area contributed by atoms with Crippen LogP contribution in [0.1, 0.15) is 35.1 Å². The molecule has 0 N–H and O–H groups in total. The lowest BCUT2D eigenvalue weighted by Crippen LogP contribution is -2.39. The molecule has 0 saturated carbocycles. The first kappa shape index (κ1) is 33.0. The van der Waals surface area contributed by atoms with Crippen LogP contribution >= 0.6 is 23.2 Å². The molecule has 0 saturated heterocycles. The second-order valence-corrected chi connectivity index (χ2v) is 10.5. The Labute approximate surface area is 258 Å². The largest absolute Gasteiger partial charge is 0.452 e. The monoisotopic (exact) mass is 670 g/mol. The molecule has 2 aromatic carbocycles. The van der Waals surface area contributed by atoms with Crippen LogP contribution in [0, 0.1) is 42.9 Å². The fourth-order valence-corrected chi connectivity index (χ4v) is 5.80. The highest BCUT2D eigenvalue weighted by Gasteiger charge is 2.54. The minimum Gasteiger partial charge on any atom is -0.452 e. The van der Waals surface area contributed by atoms with Crippen LogP contribution in [0.2, 0.25) is 0 Å². The highest BCUT2D eigenvalue weighted by Crippen LogP contribution is 2.50. The van der Waals surface area contributed by atoms with Gasteiger partial charge in [-0.05, 0) is 12.1 Å². The van der Waals surface area contributed by atoms with E-state index in [0.717, 1.165) is 36.4 Å². The van der Waals surface area contributed by atoms with Gasteiger partial charge in [-0.1, -0.05) is 59.6 Å². The van der Waals surface area contributed by atoms with Crippen molar-refractivity contribution in [2.75, 3.05) is 0 Å². The third-order valence-corrected chi connectivity index (χ3v) is 7.69. The summed E-state index contributed by atoms with van der Waals surface area (Å²) in [5.74, 6) is -1.33. The van der Waals surface area contributed by atoms with E-state index < -0.39 is 101 Å². The molecule has 0 spiro atoms. The topological polar surface area (TPSA) is 143 Å². The van der Waals surface area contributed by atoms with Crippen LogP contribution in [0.15, 0.2) is 93.4 Å². The maximum absolute atomic E-state index is 13.8. The van der Waals surface area contributed by atoms with Crippen molar-refractivity contribution in [3.8, 4) is 12.1 Å². The molecule has 0 bridgehead atoms. The number of benzene rings is 2. The second kappa shape index (κ2) is 11.6. The molecule has 4 rings (SSSR count). The van der Waals surface area contributed by atoms with E-state index in [1.54, 1.807) is 12.1 Å². The molecule has 232 valence electrons. The molecule has 2 aromatic rings. The van der Waals surface area contributed by atoms with Gasteiger partial charge < -0.3 is 4.74 Å². The Morgan fingerprint density at radius 2 is 1.04 bits per heavy atom. The summed E-state index contributed by atoms with van der Waals surface area (Å²) in [6.45, 7) is 0. The molecule has 45 heavy (non-hydrogen) atoms. The van der Waals surface area contributed by atoms with Crippen molar-refractivity contribution in [1.82, 2.24) is 0 Å². The van der Waals surface area contributed by atoms with Gasteiger partial charge in [0.25, 0.3) is 11.1 Å². The number of ether oxygens (including phenoxy) is 1. The molecule has 17 heteroatoms. The highest BCUT2D eigenvalue weighted by atomic mass is 35.5. The lowest BCUT2D eigenvalue weighted by atomic mass is 9.78. The molecule has 2 unspecified atom stereocenters. The van der Waals surface area contributed by atoms with Gasteiger partial charge in [0.2, 0.25) is 0 Å². The van der Waals surface area contributed by atoms with Crippen molar-refractivity contribution in [3.63, 3.8) is 0 Å². The molecule has 0 amide bonds. The average Bonchev–Trinajstić information content (AvgIpc) is 2.97. The van der Waals surface area contributed by atoms with Gasteiger partial charge in [0, 0.05) is 33.1 Å². The van der Waals surface area contributed by atoms with Crippen LogP contribution in [0.25, 0.3) is 0 Å². The normalized spacial score (nSPS) is 22.2. The Balaban J connectivity index is 1.85. The number of halogens is 8. The molecule has 0 aromatic heterocycles. The number of nitriles is 2. The molecule has 0 aliphatic heterocycles. The van der Waals surface area contributed by atoms with E-state index in [-0.39, 0.29) is 0 Å². The predicted octanol–water partition coefficient (Wildman–Crippen LogP) is 7.99. The summed E-state index contributed by atoms with van der Waals surface area (Å²) >= 11 is 12.5. The van der Waals surface area contributed by atoms with Crippen LogP contribution < -0.4 is 0 Å². The van der Waals surface area contributed by atoms with Crippen molar-refractivity contribution in [3.05, 3.63) is 136 Å². The summed E-state index contributed by atoms with van der Waals surface area (Å²) in [7, 11) is 0.